The van der Waals surface area contributed by atoms with Crippen molar-refractivity contribution in [3.63, 3.8) is 0 Å². The number of H-pyrrole nitrogens is 1. The predicted octanol–water partition coefficient (Wildman–Crippen LogP) is 2.04. The molecule has 0 aromatic carbocycles. The quantitative estimate of drug-likeness (QED) is 0.902. The number of aromatic amines is 1. The average molecular weight is 261 g/mol. The lowest BCUT2D eigenvalue weighted by Gasteiger charge is -2.19. The van der Waals surface area contributed by atoms with Gasteiger partial charge in [-0.15, -0.1) is 0 Å². The van der Waals surface area contributed by atoms with Crippen LogP contribution >= 0.6 is 0 Å². The third-order valence-corrected chi connectivity index (χ3v) is 2.83. The summed E-state index contributed by atoms with van der Waals surface area (Å²) in [7, 11) is 1.50. The molecule has 0 saturated heterocycles. The molecule has 0 bridgehead atoms. The van der Waals surface area contributed by atoms with E-state index in [0.717, 1.165) is 12.8 Å². The van der Waals surface area contributed by atoms with Gasteiger partial charge in [0.25, 0.3) is 5.56 Å². The number of hydrogen-bond donors (Lipinski definition) is 1. The zero-order valence-electron chi connectivity index (χ0n) is 9.92. The molecule has 0 unspecified atom stereocenters. The van der Waals surface area contributed by atoms with Crippen molar-refractivity contribution in [2.75, 3.05) is 18.5 Å². The number of halogens is 3. The van der Waals surface area contributed by atoms with Crippen LogP contribution in [0.15, 0.2) is 10.9 Å². The van der Waals surface area contributed by atoms with Crippen LogP contribution in [0.1, 0.15) is 31.0 Å². The van der Waals surface area contributed by atoms with Crippen LogP contribution < -0.4 is 10.5 Å². The summed E-state index contributed by atoms with van der Waals surface area (Å²) in [4.78, 5) is 19.6. The third kappa shape index (κ3) is 3.48. The Balaban J connectivity index is 2.09. The summed E-state index contributed by atoms with van der Waals surface area (Å²) in [5.41, 5.74) is -0.319. The maximum atomic E-state index is 12.1. The SMILES string of the molecule is CN(CCC(F)(F)F)c1cc(=O)[nH]c(C2CC2)n1. The number of anilines is 1. The van der Waals surface area contributed by atoms with Crippen molar-refractivity contribution in [2.45, 2.75) is 31.4 Å². The minimum atomic E-state index is -4.20. The first-order valence-electron chi connectivity index (χ1n) is 5.74. The molecule has 100 valence electrons. The lowest BCUT2D eigenvalue weighted by Crippen LogP contribution is -2.26. The van der Waals surface area contributed by atoms with Crippen LogP contribution in [-0.2, 0) is 0 Å². The van der Waals surface area contributed by atoms with Crippen molar-refractivity contribution in [1.29, 1.82) is 0 Å². The van der Waals surface area contributed by atoms with Gasteiger partial charge in [-0.05, 0) is 12.8 Å². The van der Waals surface area contributed by atoms with Gasteiger partial charge in [0.15, 0.2) is 0 Å². The Morgan fingerprint density at radius 2 is 2.17 bits per heavy atom. The van der Waals surface area contributed by atoms with Crippen LogP contribution in [0.2, 0.25) is 0 Å². The van der Waals surface area contributed by atoms with Gasteiger partial charge < -0.3 is 9.88 Å². The van der Waals surface area contributed by atoms with Crippen molar-refractivity contribution in [3.05, 3.63) is 22.2 Å². The van der Waals surface area contributed by atoms with E-state index in [0.29, 0.717) is 11.6 Å². The predicted molar refractivity (Wildman–Crippen MR) is 60.8 cm³/mol. The second kappa shape index (κ2) is 4.62. The van der Waals surface area contributed by atoms with E-state index >= 15 is 0 Å². The number of nitrogens with zero attached hydrogens (tertiary/aromatic N) is 2. The molecule has 1 aromatic heterocycles. The molecule has 2 rings (SSSR count). The number of nitrogens with one attached hydrogen (secondary N) is 1. The van der Waals surface area contributed by atoms with Crippen LogP contribution in [-0.4, -0.2) is 29.7 Å². The fraction of sp³-hybridized carbons (Fsp3) is 0.636. The van der Waals surface area contributed by atoms with Gasteiger partial charge in [0, 0.05) is 25.6 Å². The fourth-order valence-corrected chi connectivity index (χ4v) is 1.62. The monoisotopic (exact) mass is 261 g/mol. The van der Waals surface area contributed by atoms with Crippen LogP contribution in [0.4, 0.5) is 19.0 Å². The summed E-state index contributed by atoms with van der Waals surface area (Å²) >= 11 is 0. The molecule has 1 saturated carbocycles. The zero-order valence-corrected chi connectivity index (χ0v) is 9.92. The van der Waals surface area contributed by atoms with Crippen LogP contribution in [0.5, 0.6) is 0 Å². The molecule has 1 heterocycles. The summed E-state index contributed by atoms with van der Waals surface area (Å²) in [5, 5.41) is 0. The first-order valence-corrected chi connectivity index (χ1v) is 5.74. The van der Waals surface area contributed by atoms with Gasteiger partial charge in [-0.25, -0.2) is 4.98 Å². The zero-order chi connectivity index (χ0) is 13.3. The first kappa shape index (κ1) is 12.9. The molecule has 0 amide bonds. The van der Waals surface area contributed by atoms with E-state index in [1.807, 2.05) is 0 Å². The molecule has 1 fully saturated rings. The van der Waals surface area contributed by atoms with Gasteiger partial charge >= 0.3 is 6.18 Å². The number of aromatic nitrogens is 2. The minimum absolute atomic E-state index is 0.204. The van der Waals surface area contributed by atoms with Crippen LogP contribution in [0.25, 0.3) is 0 Å². The Labute approximate surface area is 102 Å². The van der Waals surface area contributed by atoms with Gasteiger partial charge in [-0.3, -0.25) is 4.79 Å². The van der Waals surface area contributed by atoms with Crippen molar-refractivity contribution in [2.24, 2.45) is 0 Å². The van der Waals surface area contributed by atoms with Gasteiger partial charge in [0.1, 0.15) is 11.6 Å². The summed E-state index contributed by atoms with van der Waals surface area (Å²) in [5.74, 6) is 1.13. The van der Waals surface area contributed by atoms with E-state index in [9.17, 15) is 18.0 Å². The topological polar surface area (TPSA) is 49.0 Å². The van der Waals surface area contributed by atoms with E-state index < -0.39 is 12.6 Å². The van der Waals surface area contributed by atoms with Crippen molar-refractivity contribution in [3.8, 4) is 0 Å². The van der Waals surface area contributed by atoms with E-state index in [1.54, 1.807) is 0 Å². The summed E-state index contributed by atoms with van der Waals surface area (Å²) < 4.78 is 36.3. The van der Waals surface area contributed by atoms with Gasteiger partial charge in [0.2, 0.25) is 0 Å². The van der Waals surface area contributed by atoms with E-state index in [1.165, 1.54) is 18.0 Å². The Morgan fingerprint density at radius 3 is 2.72 bits per heavy atom. The van der Waals surface area contributed by atoms with Crippen molar-refractivity contribution >= 4 is 5.82 Å². The van der Waals surface area contributed by atoms with E-state index in [2.05, 4.69) is 9.97 Å². The van der Waals surface area contributed by atoms with Gasteiger partial charge in [0.05, 0.1) is 6.42 Å². The standard InChI is InChI=1S/C11H14F3N3O/c1-17(5-4-11(12,13)14)8-6-9(18)16-10(15-8)7-2-3-7/h6-7H,2-5H2,1H3,(H,15,16,18). The van der Waals surface area contributed by atoms with Gasteiger partial charge in [-0.1, -0.05) is 0 Å². The second-order valence-corrected chi connectivity index (χ2v) is 4.55. The molecule has 1 aliphatic carbocycles. The minimum Gasteiger partial charge on any atom is -0.359 e. The number of rotatable bonds is 4. The average Bonchev–Trinajstić information content (AvgIpc) is 3.07. The molecule has 0 aliphatic heterocycles. The second-order valence-electron chi connectivity index (χ2n) is 4.55. The Kier molecular flexibility index (Phi) is 3.32. The smallest absolute Gasteiger partial charge is 0.359 e. The van der Waals surface area contributed by atoms with Crippen LogP contribution in [0, 0.1) is 0 Å². The Morgan fingerprint density at radius 1 is 1.50 bits per heavy atom. The molecule has 18 heavy (non-hydrogen) atoms. The van der Waals surface area contributed by atoms with E-state index in [4.69, 9.17) is 0 Å². The number of hydrogen-bond acceptors (Lipinski definition) is 3. The molecule has 1 aromatic rings. The highest BCUT2D eigenvalue weighted by Crippen LogP contribution is 2.37. The lowest BCUT2D eigenvalue weighted by atomic mass is 10.3. The van der Waals surface area contributed by atoms with Crippen LogP contribution in [0.3, 0.4) is 0 Å². The van der Waals surface area contributed by atoms with Gasteiger partial charge in [-0.2, -0.15) is 13.2 Å². The molecule has 0 radical (unpaired) electrons. The molecular weight excluding hydrogens is 247 g/mol. The molecule has 0 atom stereocenters. The van der Waals surface area contributed by atoms with Crippen molar-refractivity contribution in [1.82, 2.24) is 9.97 Å². The highest BCUT2D eigenvalue weighted by molar-refractivity contribution is 5.36. The molecule has 7 heteroatoms. The molecule has 1 N–H and O–H groups in total. The Hall–Kier alpha value is -1.53. The summed E-state index contributed by atoms with van der Waals surface area (Å²) in [6.45, 7) is -0.204. The highest BCUT2D eigenvalue weighted by Gasteiger charge is 2.29. The lowest BCUT2D eigenvalue weighted by molar-refractivity contribution is -0.132. The number of alkyl halides is 3. The van der Waals surface area contributed by atoms with E-state index in [-0.39, 0.29) is 18.0 Å². The normalized spacial score (nSPS) is 15.8. The highest BCUT2D eigenvalue weighted by atomic mass is 19.4. The molecule has 1 aliphatic rings. The Bertz CT molecular complexity index is 479. The molecule has 4 nitrogen and oxygen atoms in total. The molecule has 0 spiro atoms. The summed E-state index contributed by atoms with van der Waals surface area (Å²) in [6, 6.07) is 1.22. The summed E-state index contributed by atoms with van der Waals surface area (Å²) in [6.07, 6.45) is -3.18. The third-order valence-electron chi connectivity index (χ3n) is 2.83. The fourth-order valence-electron chi connectivity index (χ4n) is 1.62. The maximum Gasteiger partial charge on any atom is 0.390 e. The maximum absolute atomic E-state index is 12.1. The largest absolute Gasteiger partial charge is 0.390 e. The first-order chi connectivity index (χ1) is 8.35. The van der Waals surface area contributed by atoms with Crippen molar-refractivity contribution < 1.29 is 13.2 Å². The molecular formula is C11H14F3N3O.